The van der Waals surface area contributed by atoms with Crippen LogP contribution in [-0.2, 0) is 19.0 Å². The molecule has 3 aromatic rings. The molecule has 0 aliphatic carbocycles. The fourth-order valence-corrected chi connectivity index (χ4v) is 4.76. The molecule has 0 spiro atoms. The van der Waals surface area contributed by atoms with E-state index >= 15 is 0 Å². The van der Waals surface area contributed by atoms with Gasteiger partial charge in [-0.25, -0.2) is 19.7 Å². The minimum Gasteiger partial charge on any atom is -0.354 e. The molecule has 0 radical (unpaired) electrons. The van der Waals surface area contributed by atoms with E-state index in [1.165, 1.54) is 12.7 Å². The number of likely N-dealkylation sites (N-methyl/N-ethyl adjacent to an activating group) is 1. The van der Waals surface area contributed by atoms with Crippen LogP contribution >= 0.6 is 22.6 Å². The second kappa shape index (κ2) is 9.29. The first-order valence-corrected chi connectivity index (χ1v) is 12.1. The fraction of sp³-hybridized carbons (Fsp3) is 0.409. The lowest BCUT2D eigenvalue weighted by Gasteiger charge is -2.24. The van der Waals surface area contributed by atoms with Crippen molar-refractivity contribution in [3.05, 3.63) is 40.5 Å². The fourth-order valence-electron chi connectivity index (χ4n) is 4.24. The number of nitrogens with zero attached hydrogens (tertiary/aromatic N) is 4. The van der Waals surface area contributed by atoms with Gasteiger partial charge in [-0.3, -0.25) is 14.7 Å². The molecule has 35 heavy (non-hydrogen) atoms. The summed E-state index contributed by atoms with van der Waals surface area (Å²) in [6, 6.07) is 6.95. The van der Waals surface area contributed by atoms with E-state index in [2.05, 4.69) is 53.5 Å². The number of fused-ring (bicyclic) bond motifs is 2. The second-order valence-corrected chi connectivity index (χ2v) is 9.67. The van der Waals surface area contributed by atoms with E-state index in [-0.39, 0.29) is 11.7 Å². The molecule has 2 aliphatic heterocycles. The lowest BCUT2D eigenvalue weighted by molar-refractivity contribution is -0.197. The Labute approximate surface area is 214 Å². The Morgan fingerprint density at radius 1 is 1.11 bits per heavy atom. The van der Waals surface area contributed by atoms with E-state index in [1.54, 1.807) is 24.5 Å². The summed E-state index contributed by atoms with van der Waals surface area (Å²) in [6.45, 7) is 5.88. The molecule has 2 saturated heterocycles. The van der Waals surface area contributed by atoms with Crippen LogP contribution in [0.25, 0.3) is 11.2 Å². The lowest BCUT2D eigenvalue weighted by atomic mass is 10.1. The predicted molar refractivity (Wildman–Crippen MR) is 134 cm³/mol. The lowest BCUT2D eigenvalue weighted by Crippen LogP contribution is -2.42. The van der Waals surface area contributed by atoms with Gasteiger partial charge in [0.25, 0.3) is 5.91 Å². The van der Waals surface area contributed by atoms with Gasteiger partial charge in [0.05, 0.1) is 12.0 Å². The third-order valence-corrected chi connectivity index (χ3v) is 6.57. The summed E-state index contributed by atoms with van der Waals surface area (Å²) in [4.78, 5) is 38.2. The molecule has 2 fully saturated rings. The summed E-state index contributed by atoms with van der Waals surface area (Å²) in [5, 5.41) is 8.30. The van der Waals surface area contributed by atoms with Crippen molar-refractivity contribution < 1.29 is 23.8 Å². The van der Waals surface area contributed by atoms with Crippen molar-refractivity contribution in [2.75, 3.05) is 17.2 Å². The number of rotatable bonds is 5. The van der Waals surface area contributed by atoms with Crippen LogP contribution in [0.5, 0.6) is 0 Å². The summed E-state index contributed by atoms with van der Waals surface area (Å²) in [5.41, 5.74) is 1.45. The first-order valence-electron chi connectivity index (χ1n) is 11.1. The van der Waals surface area contributed by atoms with Crippen molar-refractivity contribution >= 4 is 57.2 Å². The van der Waals surface area contributed by atoms with Crippen LogP contribution in [0, 0.1) is 3.57 Å². The topological polar surface area (TPSA) is 142 Å². The highest BCUT2D eigenvalue weighted by Crippen LogP contribution is 2.44. The molecule has 3 N–H and O–H groups in total. The molecular formula is C22H24IN7O5. The Morgan fingerprint density at radius 2 is 1.89 bits per heavy atom. The molecule has 0 saturated carbocycles. The molecule has 4 heterocycles. The quantitative estimate of drug-likeness (QED) is 0.384. The SMILES string of the molecule is CCNC(=O)[C@H]1O[C@@H](n2cnc3c(NC(=O)Nc4ccccc4I)ncnc32)[C@@H]2OC(C)(C)O[C@@H]21. The Kier molecular flexibility index (Phi) is 6.33. The summed E-state index contributed by atoms with van der Waals surface area (Å²) < 4.78 is 20.8. The maximum atomic E-state index is 12.6. The Bertz CT molecular complexity index is 1280. The number of nitrogens with one attached hydrogen (secondary N) is 3. The summed E-state index contributed by atoms with van der Waals surface area (Å²) in [6.07, 6.45) is 0.109. The molecule has 4 atom stereocenters. The van der Waals surface area contributed by atoms with Crippen molar-refractivity contribution in [2.45, 2.75) is 51.1 Å². The second-order valence-electron chi connectivity index (χ2n) is 8.51. The first kappa shape index (κ1) is 23.8. The van der Waals surface area contributed by atoms with Crippen LogP contribution in [0.15, 0.2) is 36.9 Å². The van der Waals surface area contributed by atoms with Gasteiger partial charge in [-0.05, 0) is 55.5 Å². The number of imidazole rings is 1. The number of anilines is 2. The highest BCUT2D eigenvalue weighted by atomic mass is 127. The zero-order chi connectivity index (χ0) is 24.7. The highest BCUT2D eigenvalue weighted by Gasteiger charge is 2.58. The van der Waals surface area contributed by atoms with Crippen molar-refractivity contribution in [3.8, 4) is 0 Å². The number of carbonyl (C=O) groups is 2. The van der Waals surface area contributed by atoms with Crippen molar-refractivity contribution in [3.63, 3.8) is 0 Å². The molecule has 13 heteroatoms. The third kappa shape index (κ3) is 4.55. The summed E-state index contributed by atoms with van der Waals surface area (Å²) in [7, 11) is 0. The molecule has 5 rings (SSSR count). The zero-order valence-electron chi connectivity index (χ0n) is 19.2. The summed E-state index contributed by atoms with van der Waals surface area (Å²) >= 11 is 2.14. The number of benzene rings is 1. The normalized spacial score (nSPS) is 24.8. The molecule has 0 unspecified atom stereocenters. The van der Waals surface area contributed by atoms with Gasteiger partial charge >= 0.3 is 6.03 Å². The Morgan fingerprint density at radius 3 is 2.66 bits per heavy atom. The van der Waals surface area contributed by atoms with E-state index in [4.69, 9.17) is 14.2 Å². The number of urea groups is 1. The minimum atomic E-state index is -0.882. The smallest absolute Gasteiger partial charge is 0.324 e. The van der Waals surface area contributed by atoms with Gasteiger partial charge in [0.1, 0.15) is 18.5 Å². The van der Waals surface area contributed by atoms with Crippen LogP contribution in [0.3, 0.4) is 0 Å². The van der Waals surface area contributed by atoms with Crippen LogP contribution in [0.1, 0.15) is 27.0 Å². The highest BCUT2D eigenvalue weighted by molar-refractivity contribution is 14.1. The third-order valence-electron chi connectivity index (χ3n) is 5.63. The van der Waals surface area contributed by atoms with Gasteiger partial charge in [0.2, 0.25) is 0 Å². The average Bonchev–Trinajstić information content (AvgIpc) is 3.46. The van der Waals surface area contributed by atoms with Gasteiger partial charge in [-0.15, -0.1) is 0 Å². The van der Waals surface area contributed by atoms with Gasteiger partial charge in [-0.2, -0.15) is 0 Å². The number of para-hydroxylation sites is 1. The van der Waals surface area contributed by atoms with E-state index in [1.807, 2.05) is 25.1 Å². The largest absolute Gasteiger partial charge is 0.354 e. The van der Waals surface area contributed by atoms with Crippen molar-refractivity contribution in [1.29, 1.82) is 0 Å². The number of hydrogen-bond donors (Lipinski definition) is 3. The van der Waals surface area contributed by atoms with Crippen LogP contribution in [0.2, 0.25) is 0 Å². The molecule has 12 nitrogen and oxygen atoms in total. The maximum Gasteiger partial charge on any atom is 0.324 e. The first-order chi connectivity index (χ1) is 16.8. The Balaban J connectivity index is 1.42. The standard InChI is InChI=1S/C22H24IN7O5/c1-4-24-19(31)15-14-16(35-22(2,3)34-14)20(33-15)30-10-27-13-17(25-9-26-18(13)30)29-21(32)28-12-8-6-5-7-11(12)23/h5-10,14-16,20H,4H2,1-3H3,(H,24,31)(H2,25,26,28,29,32)/t14-,15+,16-,20-/m1/s1. The number of halogens is 1. The zero-order valence-corrected chi connectivity index (χ0v) is 21.3. The van der Waals surface area contributed by atoms with Crippen LogP contribution < -0.4 is 16.0 Å². The monoisotopic (exact) mass is 593 g/mol. The number of ether oxygens (including phenoxy) is 3. The number of aromatic nitrogens is 4. The van der Waals surface area contributed by atoms with E-state index in [0.29, 0.717) is 23.4 Å². The minimum absolute atomic E-state index is 0.232. The van der Waals surface area contributed by atoms with E-state index < -0.39 is 36.4 Å². The van der Waals surface area contributed by atoms with Crippen LogP contribution in [0.4, 0.5) is 16.3 Å². The molecule has 184 valence electrons. The maximum absolute atomic E-state index is 12.6. The molecular weight excluding hydrogens is 569 g/mol. The van der Waals surface area contributed by atoms with E-state index in [9.17, 15) is 9.59 Å². The molecule has 1 aromatic carbocycles. The molecule has 2 aromatic heterocycles. The van der Waals surface area contributed by atoms with Crippen molar-refractivity contribution in [1.82, 2.24) is 24.8 Å². The number of carbonyl (C=O) groups excluding carboxylic acids is 2. The van der Waals surface area contributed by atoms with Gasteiger partial charge in [0, 0.05) is 10.1 Å². The van der Waals surface area contributed by atoms with E-state index in [0.717, 1.165) is 3.57 Å². The van der Waals surface area contributed by atoms with Crippen LogP contribution in [-0.4, -0.2) is 62.1 Å². The predicted octanol–water partition coefficient (Wildman–Crippen LogP) is 2.63. The molecule has 0 bridgehead atoms. The van der Waals surface area contributed by atoms with Gasteiger partial charge in [0.15, 0.2) is 35.1 Å². The number of hydrogen-bond acceptors (Lipinski definition) is 8. The van der Waals surface area contributed by atoms with Crippen molar-refractivity contribution in [2.24, 2.45) is 0 Å². The molecule has 2 aliphatic rings. The Hall–Kier alpha value is -2.88. The van der Waals surface area contributed by atoms with Gasteiger partial charge < -0.3 is 24.8 Å². The molecule has 3 amide bonds. The van der Waals surface area contributed by atoms with Gasteiger partial charge in [-0.1, -0.05) is 12.1 Å². The average molecular weight is 593 g/mol. The number of amides is 3. The summed E-state index contributed by atoms with van der Waals surface area (Å²) in [5.74, 6) is -0.927.